The zero-order valence-electron chi connectivity index (χ0n) is 21.1. The summed E-state index contributed by atoms with van der Waals surface area (Å²) in [7, 11) is 0. The molecule has 3 aromatic rings. The van der Waals surface area contributed by atoms with E-state index in [0.29, 0.717) is 16.8 Å². The Labute approximate surface area is 214 Å². The van der Waals surface area contributed by atoms with Crippen molar-refractivity contribution in [3.05, 3.63) is 99.5 Å². The molecule has 3 rings (SSSR count). The van der Waals surface area contributed by atoms with Gasteiger partial charge in [-0.2, -0.15) is 4.39 Å². The standard InChI is InChI=1S/C28H32F2N4O3/c1-17(2)22-11-12-23(33-26(22)30)25(19-8-5-4-6-9-19)34-27(36)18(3)14-21(29)16-32-24(35)15-20-10-7-13-31-28(20)37/h4-13,17-18,21,25H,14-16H2,1-3H3,(H,31,37)(H,32,35)(H,34,36)/t18-,21+,25-/m0/s1. The van der Waals surface area contributed by atoms with Crippen LogP contribution in [0, 0.1) is 11.9 Å². The molecule has 37 heavy (non-hydrogen) atoms. The minimum atomic E-state index is -1.48. The maximum Gasteiger partial charge on any atom is 0.251 e. The number of aromatic amines is 1. The van der Waals surface area contributed by atoms with Gasteiger partial charge in [-0.1, -0.05) is 63.2 Å². The van der Waals surface area contributed by atoms with Gasteiger partial charge in [0.05, 0.1) is 18.2 Å². The number of carbonyl (C=O) groups excluding carboxylic acids is 2. The lowest BCUT2D eigenvalue weighted by molar-refractivity contribution is -0.125. The first kappa shape index (κ1) is 27.7. The van der Waals surface area contributed by atoms with Crippen LogP contribution in [0.2, 0.25) is 0 Å². The van der Waals surface area contributed by atoms with Gasteiger partial charge in [-0.25, -0.2) is 9.37 Å². The number of nitrogens with one attached hydrogen (secondary N) is 3. The van der Waals surface area contributed by atoms with Crippen molar-refractivity contribution in [2.45, 2.75) is 51.7 Å². The molecule has 3 atom stereocenters. The minimum absolute atomic E-state index is 0.0401. The maximum atomic E-state index is 14.6. The zero-order valence-corrected chi connectivity index (χ0v) is 21.1. The molecular formula is C28H32F2N4O3. The predicted molar refractivity (Wildman–Crippen MR) is 137 cm³/mol. The third-order valence-corrected chi connectivity index (χ3v) is 6.06. The molecule has 9 heteroatoms. The highest BCUT2D eigenvalue weighted by Crippen LogP contribution is 2.25. The van der Waals surface area contributed by atoms with Crippen LogP contribution in [0.3, 0.4) is 0 Å². The summed E-state index contributed by atoms with van der Waals surface area (Å²) in [6, 6.07) is 14.8. The van der Waals surface area contributed by atoms with Crippen LogP contribution in [-0.4, -0.2) is 34.5 Å². The van der Waals surface area contributed by atoms with Crippen LogP contribution in [0.15, 0.2) is 65.6 Å². The number of hydrogen-bond donors (Lipinski definition) is 3. The SMILES string of the molecule is CC(C)c1ccc([C@@H](NC(=O)[C@@H](C)C[C@@H](F)CNC(=O)Cc2ccc[nH]c2=O)c2ccccc2)nc1F. The molecule has 3 N–H and O–H groups in total. The van der Waals surface area contributed by atoms with Gasteiger partial charge >= 0.3 is 0 Å². The fraction of sp³-hybridized carbons (Fsp3) is 0.357. The summed E-state index contributed by atoms with van der Waals surface area (Å²) >= 11 is 0. The summed E-state index contributed by atoms with van der Waals surface area (Å²) in [6.45, 7) is 5.04. The molecule has 0 saturated heterocycles. The Kier molecular flexibility index (Phi) is 9.65. The third-order valence-electron chi connectivity index (χ3n) is 6.06. The second-order valence-corrected chi connectivity index (χ2v) is 9.36. The summed E-state index contributed by atoms with van der Waals surface area (Å²) < 4.78 is 29.3. The number of H-pyrrole nitrogens is 1. The third kappa shape index (κ3) is 7.80. The molecule has 2 heterocycles. The Morgan fingerprint density at radius 2 is 1.76 bits per heavy atom. The number of benzene rings is 1. The smallest absolute Gasteiger partial charge is 0.251 e. The molecule has 0 aliphatic heterocycles. The predicted octanol–water partition coefficient (Wildman–Crippen LogP) is 3.96. The Balaban J connectivity index is 1.62. The summed E-state index contributed by atoms with van der Waals surface area (Å²) in [5.41, 5.74) is 1.44. The lowest BCUT2D eigenvalue weighted by Gasteiger charge is -2.23. The van der Waals surface area contributed by atoms with Gasteiger partial charge in [0.15, 0.2) is 0 Å². The maximum absolute atomic E-state index is 14.6. The molecule has 0 aliphatic carbocycles. The summed E-state index contributed by atoms with van der Waals surface area (Å²) in [5, 5.41) is 5.34. The Hall–Kier alpha value is -3.88. The fourth-order valence-corrected chi connectivity index (χ4v) is 3.94. The quantitative estimate of drug-likeness (QED) is 0.340. The van der Waals surface area contributed by atoms with E-state index in [4.69, 9.17) is 0 Å². The first-order valence-electron chi connectivity index (χ1n) is 12.2. The number of pyridine rings is 2. The minimum Gasteiger partial charge on any atom is -0.353 e. The molecule has 0 fully saturated rings. The van der Waals surface area contributed by atoms with Crippen LogP contribution in [0.4, 0.5) is 8.78 Å². The lowest BCUT2D eigenvalue weighted by Crippen LogP contribution is -2.37. The number of halogens is 2. The lowest BCUT2D eigenvalue weighted by atomic mass is 9.98. The molecule has 2 aromatic heterocycles. The average molecular weight is 511 g/mol. The monoisotopic (exact) mass is 510 g/mol. The molecule has 0 bridgehead atoms. The highest BCUT2D eigenvalue weighted by molar-refractivity contribution is 5.79. The van der Waals surface area contributed by atoms with Gasteiger partial charge in [0, 0.05) is 29.8 Å². The van der Waals surface area contributed by atoms with E-state index in [-0.39, 0.29) is 36.4 Å². The first-order chi connectivity index (χ1) is 17.7. The van der Waals surface area contributed by atoms with Gasteiger partial charge in [0.25, 0.3) is 5.56 Å². The molecule has 0 saturated carbocycles. The van der Waals surface area contributed by atoms with Crippen LogP contribution < -0.4 is 16.2 Å². The van der Waals surface area contributed by atoms with Crippen LogP contribution in [0.25, 0.3) is 0 Å². The van der Waals surface area contributed by atoms with Gasteiger partial charge in [-0.3, -0.25) is 14.4 Å². The van der Waals surface area contributed by atoms with Crippen molar-refractivity contribution >= 4 is 11.8 Å². The van der Waals surface area contributed by atoms with E-state index >= 15 is 0 Å². The second kappa shape index (κ2) is 12.9. The largest absolute Gasteiger partial charge is 0.353 e. The van der Waals surface area contributed by atoms with Crippen LogP contribution >= 0.6 is 0 Å². The number of alkyl halides is 1. The second-order valence-electron chi connectivity index (χ2n) is 9.36. The molecule has 0 radical (unpaired) electrons. The van der Waals surface area contributed by atoms with Crippen molar-refractivity contribution in [2.24, 2.45) is 5.92 Å². The molecule has 1 aromatic carbocycles. The Morgan fingerprint density at radius 1 is 1.03 bits per heavy atom. The van der Waals surface area contributed by atoms with E-state index in [1.165, 1.54) is 12.3 Å². The number of nitrogens with zero attached hydrogens (tertiary/aromatic N) is 1. The number of amides is 2. The van der Waals surface area contributed by atoms with Gasteiger partial charge < -0.3 is 15.6 Å². The van der Waals surface area contributed by atoms with Crippen molar-refractivity contribution in [3.63, 3.8) is 0 Å². The van der Waals surface area contributed by atoms with Gasteiger partial charge in [-0.15, -0.1) is 0 Å². The molecule has 0 spiro atoms. The van der Waals surface area contributed by atoms with Crippen LogP contribution in [0.5, 0.6) is 0 Å². The molecule has 2 amide bonds. The molecule has 7 nitrogen and oxygen atoms in total. The average Bonchev–Trinajstić information content (AvgIpc) is 2.87. The number of carbonyl (C=O) groups is 2. The van der Waals surface area contributed by atoms with Crippen LogP contribution in [-0.2, 0) is 16.0 Å². The van der Waals surface area contributed by atoms with Crippen molar-refractivity contribution in [1.82, 2.24) is 20.6 Å². The number of rotatable bonds is 11. The Morgan fingerprint density at radius 3 is 2.41 bits per heavy atom. The van der Waals surface area contributed by atoms with E-state index in [1.54, 1.807) is 49.4 Å². The zero-order chi connectivity index (χ0) is 26.9. The highest BCUT2D eigenvalue weighted by Gasteiger charge is 2.25. The first-order valence-corrected chi connectivity index (χ1v) is 12.2. The number of aromatic nitrogens is 2. The molecule has 196 valence electrons. The van der Waals surface area contributed by atoms with E-state index in [0.717, 1.165) is 0 Å². The summed E-state index contributed by atoms with van der Waals surface area (Å²) in [6.07, 6.45) is -0.316. The van der Waals surface area contributed by atoms with Crippen molar-refractivity contribution in [2.75, 3.05) is 6.54 Å². The van der Waals surface area contributed by atoms with Gasteiger partial charge in [0.2, 0.25) is 17.8 Å². The highest BCUT2D eigenvalue weighted by atomic mass is 19.1. The van der Waals surface area contributed by atoms with E-state index in [9.17, 15) is 23.2 Å². The molecular weight excluding hydrogens is 478 g/mol. The van der Waals surface area contributed by atoms with Crippen molar-refractivity contribution in [1.29, 1.82) is 0 Å². The molecule has 0 unspecified atom stereocenters. The van der Waals surface area contributed by atoms with Crippen molar-refractivity contribution < 1.29 is 18.4 Å². The normalized spacial score (nSPS) is 13.6. The Bertz CT molecular complexity index is 1260. The van der Waals surface area contributed by atoms with E-state index in [1.807, 2.05) is 19.9 Å². The molecule has 0 aliphatic rings. The van der Waals surface area contributed by atoms with Gasteiger partial charge in [-0.05, 0) is 30.0 Å². The van der Waals surface area contributed by atoms with Crippen molar-refractivity contribution in [3.8, 4) is 0 Å². The number of hydrogen-bond acceptors (Lipinski definition) is 4. The van der Waals surface area contributed by atoms with Gasteiger partial charge in [0.1, 0.15) is 6.17 Å². The fourth-order valence-electron chi connectivity index (χ4n) is 3.94. The van der Waals surface area contributed by atoms with E-state index < -0.39 is 35.9 Å². The summed E-state index contributed by atoms with van der Waals surface area (Å²) in [4.78, 5) is 43.4. The van der Waals surface area contributed by atoms with Crippen LogP contribution in [0.1, 0.15) is 61.5 Å². The summed E-state index contributed by atoms with van der Waals surface area (Å²) in [5.74, 6) is -2.27. The van der Waals surface area contributed by atoms with E-state index in [2.05, 4.69) is 20.6 Å². The topological polar surface area (TPSA) is 104 Å².